The molecule has 0 saturated carbocycles. The first kappa shape index (κ1) is 13.1. The lowest BCUT2D eigenvalue weighted by molar-refractivity contribution is 0.0695. The van der Waals surface area contributed by atoms with E-state index in [2.05, 4.69) is 10.3 Å². The highest BCUT2D eigenvalue weighted by Gasteiger charge is 2.11. The maximum Gasteiger partial charge on any atom is 0.341 e. The first-order chi connectivity index (χ1) is 8.99. The standard InChI is InChI=1S/C13H15N3O3/c1-7(14)5-15-8-2-3-11-9(4-8)12(17)10(6-16-11)13(18)19/h2-4,6-7,15H,5,14H2,1H3,(H,16,17)(H,18,19). The van der Waals surface area contributed by atoms with Crippen molar-refractivity contribution in [2.75, 3.05) is 11.9 Å². The fourth-order valence-corrected chi connectivity index (χ4v) is 1.77. The maximum absolute atomic E-state index is 12.0. The molecule has 0 radical (unpaired) electrons. The molecule has 0 amide bonds. The molecule has 100 valence electrons. The predicted octanol–water partition coefficient (Wildman–Crippen LogP) is 0.985. The van der Waals surface area contributed by atoms with Crippen LogP contribution in [0.2, 0.25) is 0 Å². The Hall–Kier alpha value is -2.34. The molecule has 5 N–H and O–H groups in total. The van der Waals surface area contributed by atoms with Gasteiger partial charge in [-0.25, -0.2) is 4.79 Å². The van der Waals surface area contributed by atoms with Crippen LogP contribution in [0.25, 0.3) is 10.9 Å². The van der Waals surface area contributed by atoms with Crippen LogP contribution < -0.4 is 16.5 Å². The number of aromatic amines is 1. The topological polar surface area (TPSA) is 108 Å². The fraction of sp³-hybridized carbons (Fsp3) is 0.231. The molecule has 1 atom stereocenters. The Balaban J connectivity index is 2.48. The summed E-state index contributed by atoms with van der Waals surface area (Å²) in [6.07, 6.45) is 1.21. The fourth-order valence-electron chi connectivity index (χ4n) is 1.77. The van der Waals surface area contributed by atoms with Crippen molar-refractivity contribution in [1.29, 1.82) is 0 Å². The molecule has 0 saturated heterocycles. The van der Waals surface area contributed by atoms with Crippen molar-refractivity contribution in [3.8, 4) is 0 Å². The normalized spacial score (nSPS) is 12.3. The number of aromatic carboxylic acids is 1. The van der Waals surface area contributed by atoms with Gasteiger partial charge in [-0.1, -0.05) is 0 Å². The van der Waals surface area contributed by atoms with Crippen molar-refractivity contribution in [1.82, 2.24) is 4.98 Å². The molecule has 1 heterocycles. The monoisotopic (exact) mass is 261 g/mol. The number of carboxylic acid groups (broad SMARTS) is 1. The van der Waals surface area contributed by atoms with E-state index < -0.39 is 11.4 Å². The highest BCUT2D eigenvalue weighted by atomic mass is 16.4. The van der Waals surface area contributed by atoms with Gasteiger partial charge in [0, 0.05) is 35.4 Å². The van der Waals surface area contributed by atoms with Crippen LogP contribution in [0.4, 0.5) is 5.69 Å². The van der Waals surface area contributed by atoms with E-state index in [1.54, 1.807) is 18.2 Å². The lowest BCUT2D eigenvalue weighted by Gasteiger charge is -2.09. The molecule has 0 spiro atoms. The third-order valence-corrected chi connectivity index (χ3v) is 2.74. The molecule has 19 heavy (non-hydrogen) atoms. The van der Waals surface area contributed by atoms with Crippen molar-refractivity contribution in [3.05, 3.63) is 40.2 Å². The van der Waals surface area contributed by atoms with Crippen LogP contribution in [-0.2, 0) is 0 Å². The first-order valence-electron chi connectivity index (χ1n) is 5.87. The van der Waals surface area contributed by atoms with E-state index in [1.165, 1.54) is 6.20 Å². The van der Waals surface area contributed by atoms with Crippen molar-refractivity contribution in [2.45, 2.75) is 13.0 Å². The van der Waals surface area contributed by atoms with Crippen LogP contribution in [-0.4, -0.2) is 28.6 Å². The van der Waals surface area contributed by atoms with Gasteiger partial charge in [0.1, 0.15) is 5.56 Å². The number of nitrogens with one attached hydrogen (secondary N) is 2. The number of pyridine rings is 1. The van der Waals surface area contributed by atoms with Gasteiger partial charge in [-0.3, -0.25) is 4.79 Å². The van der Waals surface area contributed by atoms with Crippen molar-refractivity contribution in [2.24, 2.45) is 5.73 Å². The summed E-state index contributed by atoms with van der Waals surface area (Å²) in [6.45, 7) is 2.44. The van der Waals surface area contributed by atoms with Gasteiger partial charge < -0.3 is 21.1 Å². The van der Waals surface area contributed by atoms with Crippen molar-refractivity contribution < 1.29 is 9.90 Å². The minimum absolute atomic E-state index is 0.0145. The summed E-state index contributed by atoms with van der Waals surface area (Å²) in [5.74, 6) is -1.24. The third-order valence-electron chi connectivity index (χ3n) is 2.74. The van der Waals surface area contributed by atoms with Crippen molar-refractivity contribution >= 4 is 22.6 Å². The maximum atomic E-state index is 12.0. The van der Waals surface area contributed by atoms with Crippen LogP contribution in [0.5, 0.6) is 0 Å². The van der Waals surface area contributed by atoms with Gasteiger partial charge >= 0.3 is 5.97 Å². The van der Waals surface area contributed by atoms with Gasteiger partial charge in [-0.2, -0.15) is 0 Å². The summed E-state index contributed by atoms with van der Waals surface area (Å²) in [5.41, 5.74) is 6.21. The van der Waals surface area contributed by atoms with Crippen LogP contribution in [0.15, 0.2) is 29.2 Å². The number of aromatic nitrogens is 1. The number of carboxylic acids is 1. The van der Waals surface area contributed by atoms with E-state index >= 15 is 0 Å². The molecule has 6 heteroatoms. The number of carbonyl (C=O) groups is 1. The number of hydrogen-bond acceptors (Lipinski definition) is 4. The smallest absolute Gasteiger partial charge is 0.341 e. The number of hydrogen-bond donors (Lipinski definition) is 4. The highest BCUT2D eigenvalue weighted by Crippen LogP contribution is 2.15. The molecule has 0 fully saturated rings. The Morgan fingerprint density at radius 3 is 2.89 bits per heavy atom. The zero-order valence-corrected chi connectivity index (χ0v) is 10.4. The first-order valence-corrected chi connectivity index (χ1v) is 5.87. The summed E-state index contributed by atoms with van der Waals surface area (Å²) in [4.78, 5) is 25.7. The zero-order valence-electron chi connectivity index (χ0n) is 10.4. The Bertz CT molecular complexity index is 676. The number of anilines is 1. The van der Waals surface area contributed by atoms with E-state index in [-0.39, 0.29) is 11.6 Å². The molecule has 1 unspecified atom stereocenters. The molecule has 0 bridgehead atoms. The van der Waals surface area contributed by atoms with Gasteiger partial charge in [-0.15, -0.1) is 0 Å². The summed E-state index contributed by atoms with van der Waals surface area (Å²) < 4.78 is 0. The van der Waals surface area contributed by atoms with Gasteiger partial charge in [0.2, 0.25) is 5.43 Å². The van der Waals surface area contributed by atoms with E-state index in [9.17, 15) is 9.59 Å². The molecule has 6 nitrogen and oxygen atoms in total. The predicted molar refractivity (Wildman–Crippen MR) is 73.7 cm³/mol. The van der Waals surface area contributed by atoms with E-state index in [4.69, 9.17) is 10.8 Å². The number of fused-ring (bicyclic) bond motifs is 1. The van der Waals surface area contributed by atoms with E-state index in [0.29, 0.717) is 17.4 Å². The van der Waals surface area contributed by atoms with E-state index in [1.807, 2.05) is 6.92 Å². The number of benzene rings is 1. The van der Waals surface area contributed by atoms with Crippen LogP contribution in [0.1, 0.15) is 17.3 Å². The Morgan fingerprint density at radius 2 is 2.26 bits per heavy atom. The molecule has 0 aliphatic heterocycles. The van der Waals surface area contributed by atoms with Crippen LogP contribution in [0, 0.1) is 0 Å². The Labute approximate surface area is 109 Å². The molecule has 1 aromatic carbocycles. The quantitative estimate of drug-likeness (QED) is 0.656. The average Bonchev–Trinajstić information content (AvgIpc) is 2.36. The van der Waals surface area contributed by atoms with Gasteiger partial charge in [0.15, 0.2) is 0 Å². The zero-order chi connectivity index (χ0) is 14.0. The van der Waals surface area contributed by atoms with Crippen molar-refractivity contribution in [3.63, 3.8) is 0 Å². The van der Waals surface area contributed by atoms with Crippen LogP contribution in [0.3, 0.4) is 0 Å². The average molecular weight is 261 g/mol. The number of rotatable bonds is 4. The summed E-state index contributed by atoms with van der Waals surface area (Å²) in [7, 11) is 0. The van der Waals surface area contributed by atoms with Gasteiger partial charge in [0.05, 0.1) is 0 Å². The SMILES string of the molecule is CC(N)CNc1ccc2[nH]cc(C(=O)O)c(=O)c2c1. The largest absolute Gasteiger partial charge is 0.477 e. The molecule has 0 aliphatic carbocycles. The third kappa shape index (κ3) is 2.74. The highest BCUT2D eigenvalue weighted by molar-refractivity contribution is 5.93. The summed E-state index contributed by atoms with van der Waals surface area (Å²) in [6, 6.07) is 5.15. The lowest BCUT2D eigenvalue weighted by Crippen LogP contribution is -2.25. The number of nitrogens with two attached hydrogens (primary N) is 1. The minimum atomic E-state index is -1.24. The van der Waals surface area contributed by atoms with Gasteiger partial charge in [0.25, 0.3) is 0 Å². The molecular formula is C13H15N3O3. The second kappa shape index (κ2) is 5.11. The molecule has 1 aromatic heterocycles. The van der Waals surface area contributed by atoms with Gasteiger partial charge in [-0.05, 0) is 25.1 Å². The molecule has 2 rings (SSSR count). The second-order valence-corrected chi connectivity index (χ2v) is 4.46. The summed E-state index contributed by atoms with van der Waals surface area (Å²) >= 11 is 0. The van der Waals surface area contributed by atoms with Crippen LogP contribution >= 0.6 is 0 Å². The molecule has 0 aliphatic rings. The Morgan fingerprint density at radius 1 is 1.53 bits per heavy atom. The Kier molecular flexibility index (Phi) is 3.52. The lowest BCUT2D eigenvalue weighted by atomic mass is 10.1. The number of H-pyrrole nitrogens is 1. The van der Waals surface area contributed by atoms with E-state index in [0.717, 1.165) is 5.69 Å². The molecular weight excluding hydrogens is 246 g/mol. The second-order valence-electron chi connectivity index (χ2n) is 4.46. The summed E-state index contributed by atoms with van der Waals surface area (Å²) in [5, 5.41) is 12.3. The molecule has 2 aromatic rings. The minimum Gasteiger partial charge on any atom is -0.477 e.